The van der Waals surface area contributed by atoms with Crippen LogP contribution in [-0.4, -0.2) is 110 Å². The second-order valence-electron chi connectivity index (χ2n) is 18.2. The Morgan fingerprint density at radius 3 is 1.44 bits per heavy atom. The highest BCUT2D eigenvalue weighted by molar-refractivity contribution is 5.80. The smallest absolute Gasteiger partial charge is 0.249 e. The van der Waals surface area contributed by atoms with Crippen molar-refractivity contribution in [1.29, 1.82) is 0 Å². The van der Waals surface area contributed by atoms with Gasteiger partial charge in [0, 0.05) is 0 Å². The van der Waals surface area contributed by atoms with Crippen LogP contribution in [0.5, 0.6) is 0 Å². The van der Waals surface area contributed by atoms with Gasteiger partial charge in [-0.2, -0.15) is 0 Å². The summed E-state index contributed by atoms with van der Waals surface area (Å²) in [7, 11) is 0. The molecule has 9 unspecified atom stereocenters. The Hall–Kier alpha value is -1.41. The van der Waals surface area contributed by atoms with Crippen molar-refractivity contribution >= 4 is 5.91 Å². The van der Waals surface area contributed by atoms with Gasteiger partial charge in [0.2, 0.25) is 5.91 Å². The van der Waals surface area contributed by atoms with Crippen molar-refractivity contribution in [3.05, 3.63) is 24.3 Å². The molecule has 62 heavy (non-hydrogen) atoms. The highest BCUT2D eigenvalue weighted by Gasteiger charge is 2.44. The molecule has 1 aliphatic heterocycles. The third kappa shape index (κ3) is 29.9. The van der Waals surface area contributed by atoms with E-state index in [9.17, 15) is 40.5 Å². The number of aliphatic hydroxyl groups is 7. The van der Waals surface area contributed by atoms with E-state index < -0.39 is 74.2 Å². The lowest BCUT2D eigenvalue weighted by atomic mass is 9.98. The predicted molar refractivity (Wildman–Crippen MR) is 252 cm³/mol. The van der Waals surface area contributed by atoms with Gasteiger partial charge < -0.3 is 50.5 Å². The third-order valence-electron chi connectivity index (χ3n) is 12.5. The molecule has 0 aromatic rings. The molecule has 9 atom stereocenters. The van der Waals surface area contributed by atoms with Crippen molar-refractivity contribution in [2.45, 2.75) is 281 Å². The summed E-state index contributed by atoms with van der Waals surface area (Å²) < 4.78 is 11.1. The Morgan fingerprint density at radius 2 is 0.968 bits per heavy atom. The van der Waals surface area contributed by atoms with Gasteiger partial charge in [-0.15, -0.1) is 0 Å². The lowest BCUT2D eigenvalue weighted by Crippen LogP contribution is -2.60. The Kier molecular flexibility index (Phi) is 38.8. The van der Waals surface area contributed by atoms with Crippen LogP contribution in [0.1, 0.15) is 226 Å². The van der Waals surface area contributed by atoms with E-state index in [1.165, 1.54) is 141 Å². The first kappa shape index (κ1) is 58.6. The number of allylic oxidation sites excluding steroid dienone is 4. The number of amides is 1. The van der Waals surface area contributed by atoms with E-state index in [2.05, 4.69) is 43.5 Å². The molecule has 0 saturated carbocycles. The van der Waals surface area contributed by atoms with Gasteiger partial charge in [0.05, 0.1) is 25.4 Å². The molecule has 1 heterocycles. The van der Waals surface area contributed by atoms with Crippen molar-refractivity contribution < 1.29 is 50.0 Å². The van der Waals surface area contributed by atoms with Crippen LogP contribution in [0.2, 0.25) is 0 Å². The Morgan fingerprint density at radius 1 is 0.548 bits per heavy atom. The minimum atomic E-state index is -1.67. The number of carbonyl (C=O) groups excluding carboxylic acids is 1. The van der Waals surface area contributed by atoms with Crippen LogP contribution >= 0.6 is 0 Å². The van der Waals surface area contributed by atoms with Crippen LogP contribution in [0.15, 0.2) is 24.3 Å². The van der Waals surface area contributed by atoms with Crippen molar-refractivity contribution in [3.63, 3.8) is 0 Å². The largest absolute Gasteiger partial charge is 0.394 e. The molecule has 0 radical (unpaired) electrons. The van der Waals surface area contributed by atoms with Crippen LogP contribution < -0.4 is 5.32 Å². The Labute approximate surface area is 378 Å². The first-order valence-electron chi connectivity index (χ1n) is 25.7. The fraction of sp³-hybridized carbons (Fsp3) is 0.902. The molecule has 0 spiro atoms. The highest BCUT2D eigenvalue weighted by atomic mass is 16.7. The highest BCUT2D eigenvalue weighted by Crippen LogP contribution is 2.23. The van der Waals surface area contributed by atoms with Gasteiger partial charge in [-0.3, -0.25) is 4.79 Å². The number of carbonyl (C=O) groups is 1. The number of unbranched alkanes of at least 4 members (excludes halogenated alkanes) is 27. The fourth-order valence-electron chi connectivity index (χ4n) is 8.22. The lowest BCUT2D eigenvalue weighted by Gasteiger charge is -2.40. The molecule has 11 nitrogen and oxygen atoms in total. The maximum atomic E-state index is 13.1. The number of ether oxygens (including phenoxy) is 2. The predicted octanol–water partition coefficient (Wildman–Crippen LogP) is 9.40. The zero-order chi connectivity index (χ0) is 45.5. The van der Waals surface area contributed by atoms with E-state index in [0.29, 0.717) is 19.3 Å². The van der Waals surface area contributed by atoms with Gasteiger partial charge in [-0.1, -0.05) is 199 Å². The standard InChI is InChI=1S/C51H97NO10/c1-3-5-7-9-11-13-15-17-19-20-21-22-23-25-27-29-31-33-35-37-39-44(55)50(60)52-42(41-61-51-49(59)48(58)47(57)45(40-53)62-51)46(56)43(54)38-36-34-32-30-28-26-24-18-16-14-12-10-8-6-4-2/h18,24,30,32,42-49,51,53-59H,3-17,19-23,25-29,31,33-41H2,1-2H3,(H,52,60)/b24-18+,32-30+. The maximum absolute atomic E-state index is 13.1. The molecule has 0 aliphatic carbocycles. The molecule has 366 valence electrons. The first-order chi connectivity index (χ1) is 30.2. The van der Waals surface area contributed by atoms with Crippen LogP contribution in [-0.2, 0) is 14.3 Å². The zero-order valence-electron chi connectivity index (χ0n) is 39.6. The van der Waals surface area contributed by atoms with Crippen molar-refractivity contribution in [2.24, 2.45) is 0 Å². The molecule has 0 bridgehead atoms. The van der Waals surface area contributed by atoms with Gasteiger partial charge in [0.1, 0.15) is 36.6 Å². The molecule has 1 aliphatic rings. The minimum Gasteiger partial charge on any atom is -0.394 e. The molecule has 0 aromatic carbocycles. The molecule has 0 aromatic heterocycles. The maximum Gasteiger partial charge on any atom is 0.249 e. The summed E-state index contributed by atoms with van der Waals surface area (Å²) in [6.07, 6.45) is 35.1. The monoisotopic (exact) mass is 884 g/mol. The van der Waals surface area contributed by atoms with Crippen LogP contribution in [0, 0.1) is 0 Å². The molecule has 11 heteroatoms. The van der Waals surface area contributed by atoms with Gasteiger partial charge in [-0.25, -0.2) is 0 Å². The summed E-state index contributed by atoms with van der Waals surface area (Å²) in [4.78, 5) is 13.1. The van der Waals surface area contributed by atoms with Crippen molar-refractivity contribution in [2.75, 3.05) is 13.2 Å². The number of hydrogen-bond acceptors (Lipinski definition) is 10. The zero-order valence-corrected chi connectivity index (χ0v) is 39.6. The average molecular weight is 884 g/mol. The van der Waals surface area contributed by atoms with E-state index in [4.69, 9.17) is 9.47 Å². The first-order valence-corrected chi connectivity index (χ1v) is 25.7. The minimum absolute atomic E-state index is 0.248. The second kappa shape index (κ2) is 41.1. The van der Waals surface area contributed by atoms with Gasteiger partial charge in [-0.05, 0) is 51.4 Å². The summed E-state index contributed by atoms with van der Waals surface area (Å²) in [5, 5.41) is 75.8. The molecule has 1 saturated heterocycles. The summed E-state index contributed by atoms with van der Waals surface area (Å²) >= 11 is 0. The Bertz CT molecular complexity index is 1060. The Balaban J connectivity index is 2.40. The molecular formula is C51H97NO10. The molecule has 8 N–H and O–H groups in total. The van der Waals surface area contributed by atoms with Gasteiger partial charge >= 0.3 is 0 Å². The van der Waals surface area contributed by atoms with Crippen molar-refractivity contribution in [1.82, 2.24) is 5.32 Å². The summed E-state index contributed by atoms with van der Waals surface area (Å²) in [6.45, 7) is 3.43. The van der Waals surface area contributed by atoms with E-state index in [1.807, 2.05) is 0 Å². The average Bonchev–Trinajstić information content (AvgIpc) is 3.27. The van der Waals surface area contributed by atoms with E-state index >= 15 is 0 Å². The molecule has 1 fully saturated rings. The summed E-state index contributed by atoms with van der Waals surface area (Å²) in [5.41, 5.74) is 0. The van der Waals surface area contributed by atoms with E-state index in [0.717, 1.165) is 38.5 Å². The van der Waals surface area contributed by atoms with Crippen molar-refractivity contribution in [3.8, 4) is 0 Å². The van der Waals surface area contributed by atoms with Gasteiger partial charge in [0.25, 0.3) is 0 Å². The number of hydrogen-bond donors (Lipinski definition) is 8. The quantitative estimate of drug-likeness (QED) is 0.0216. The topological polar surface area (TPSA) is 189 Å². The molecule has 1 rings (SSSR count). The number of aliphatic hydroxyl groups excluding tert-OH is 7. The van der Waals surface area contributed by atoms with Gasteiger partial charge in [0.15, 0.2) is 6.29 Å². The third-order valence-corrected chi connectivity index (χ3v) is 12.5. The normalized spacial score (nSPS) is 21.5. The molecule has 1 amide bonds. The van der Waals surface area contributed by atoms with E-state index in [-0.39, 0.29) is 12.8 Å². The van der Waals surface area contributed by atoms with Crippen LogP contribution in [0.3, 0.4) is 0 Å². The van der Waals surface area contributed by atoms with Crippen LogP contribution in [0.4, 0.5) is 0 Å². The molecular weight excluding hydrogens is 787 g/mol. The number of nitrogens with one attached hydrogen (secondary N) is 1. The fourth-order valence-corrected chi connectivity index (χ4v) is 8.22. The number of rotatable bonds is 43. The van der Waals surface area contributed by atoms with E-state index in [1.54, 1.807) is 0 Å². The second-order valence-corrected chi connectivity index (χ2v) is 18.2. The van der Waals surface area contributed by atoms with Crippen LogP contribution in [0.25, 0.3) is 0 Å². The summed E-state index contributed by atoms with van der Waals surface area (Å²) in [5.74, 6) is -0.708. The summed E-state index contributed by atoms with van der Waals surface area (Å²) in [6, 6.07) is -1.19. The lowest BCUT2D eigenvalue weighted by molar-refractivity contribution is -0.303. The SMILES string of the molecule is CCCCCCCC/C=C/CC/C=C/CCCC(O)C(O)C(COC1OC(CO)C(O)C(O)C1O)NC(=O)C(O)CCCCCCCCCCCCCCCCCCCCCC.